The van der Waals surface area contributed by atoms with Crippen molar-refractivity contribution >= 4 is 11.6 Å². The van der Waals surface area contributed by atoms with Crippen molar-refractivity contribution in [3.63, 3.8) is 0 Å². The molecule has 0 radical (unpaired) electrons. The van der Waals surface area contributed by atoms with E-state index >= 15 is 0 Å². The van der Waals surface area contributed by atoms with E-state index in [1.165, 1.54) is 14.2 Å². The van der Waals surface area contributed by atoms with E-state index in [0.717, 1.165) is 0 Å². The van der Waals surface area contributed by atoms with E-state index in [0.29, 0.717) is 28.6 Å². The zero-order valence-corrected chi connectivity index (χ0v) is 11.9. The molecule has 0 bridgehead atoms. The van der Waals surface area contributed by atoms with Crippen molar-refractivity contribution in [3.05, 3.63) is 33.2 Å². The Morgan fingerprint density at radius 2 is 2.25 bits per heavy atom. The number of methoxy groups -OCH3 is 2. The Morgan fingerprint density at radius 3 is 2.80 bits per heavy atom. The average molecular weight is 296 g/mol. The van der Waals surface area contributed by atoms with E-state index in [1.807, 2.05) is 0 Å². The number of rotatable bonds is 7. The van der Waals surface area contributed by atoms with Crippen molar-refractivity contribution in [2.45, 2.75) is 6.04 Å². The fourth-order valence-corrected chi connectivity index (χ4v) is 2.00. The van der Waals surface area contributed by atoms with Crippen LogP contribution in [0.1, 0.15) is 11.6 Å². The molecule has 1 aromatic rings. The zero-order chi connectivity index (χ0) is 15.0. The molecule has 0 fully saturated rings. The molecule has 0 aromatic heterocycles. The van der Waals surface area contributed by atoms with Crippen LogP contribution in [0.25, 0.3) is 10.4 Å². The molecule has 8 heteroatoms. The van der Waals surface area contributed by atoms with Gasteiger partial charge in [0.15, 0.2) is 11.5 Å². The first-order valence-electron chi connectivity index (χ1n) is 5.73. The minimum absolute atomic E-state index is 0.250. The summed E-state index contributed by atoms with van der Waals surface area (Å²) in [5.41, 5.74) is 8.77. The second kappa shape index (κ2) is 8.12. The lowest BCUT2D eigenvalue weighted by Crippen LogP contribution is -2.23. The largest absolute Gasteiger partial charge is 0.493 e. The normalized spacial score (nSPS) is 11.1. The molecule has 1 rings (SSSR count). The van der Waals surface area contributed by atoms with E-state index in [2.05, 4.69) is 21.4 Å². The molecule has 0 aliphatic heterocycles. The van der Waals surface area contributed by atoms with Crippen LogP contribution in [0.2, 0.25) is 5.02 Å². The number of benzene rings is 1. The number of azide groups is 1. The number of nitriles is 1. The second-order valence-electron chi connectivity index (χ2n) is 3.67. The van der Waals surface area contributed by atoms with Crippen LogP contribution in [-0.2, 0) is 0 Å². The van der Waals surface area contributed by atoms with Gasteiger partial charge in [0.05, 0.1) is 25.3 Å². The Morgan fingerprint density at radius 1 is 1.50 bits per heavy atom. The standard InChI is InChI=1S/C12H14ClN5O2/c1-19-10-4-3-8(11(13)12(10)20-2)9(7-14)16-5-6-17-18-15/h3-4,9,16H,5-6H2,1-2H3. The van der Waals surface area contributed by atoms with Gasteiger partial charge in [-0.2, -0.15) is 5.26 Å². The average Bonchev–Trinajstić information content (AvgIpc) is 2.47. The first-order chi connectivity index (χ1) is 9.69. The number of hydrogen-bond acceptors (Lipinski definition) is 5. The molecule has 106 valence electrons. The fraction of sp³-hybridized carbons (Fsp3) is 0.417. The molecule has 0 saturated heterocycles. The lowest BCUT2D eigenvalue weighted by atomic mass is 10.1. The number of halogens is 1. The summed E-state index contributed by atoms with van der Waals surface area (Å²) >= 11 is 6.23. The molecule has 0 aliphatic carbocycles. The van der Waals surface area contributed by atoms with Gasteiger partial charge in [0.1, 0.15) is 6.04 Å². The lowest BCUT2D eigenvalue weighted by molar-refractivity contribution is 0.354. The van der Waals surface area contributed by atoms with Crippen LogP contribution in [0.15, 0.2) is 17.2 Å². The van der Waals surface area contributed by atoms with Crippen LogP contribution in [0.3, 0.4) is 0 Å². The van der Waals surface area contributed by atoms with Gasteiger partial charge >= 0.3 is 0 Å². The highest BCUT2D eigenvalue weighted by molar-refractivity contribution is 6.33. The van der Waals surface area contributed by atoms with Crippen LogP contribution in [0.5, 0.6) is 11.5 Å². The van der Waals surface area contributed by atoms with Crippen LogP contribution < -0.4 is 14.8 Å². The number of hydrogen-bond donors (Lipinski definition) is 1. The monoisotopic (exact) mass is 295 g/mol. The molecule has 0 saturated carbocycles. The molecule has 0 heterocycles. The molecule has 20 heavy (non-hydrogen) atoms. The summed E-state index contributed by atoms with van der Waals surface area (Å²) in [5.74, 6) is 0.871. The molecule has 1 unspecified atom stereocenters. The van der Waals surface area contributed by atoms with Crippen molar-refractivity contribution in [1.82, 2.24) is 5.32 Å². The topological polar surface area (TPSA) is 103 Å². The lowest BCUT2D eigenvalue weighted by Gasteiger charge is -2.16. The highest BCUT2D eigenvalue weighted by Crippen LogP contribution is 2.39. The van der Waals surface area contributed by atoms with Gasteiger partial charge in [-0.15, -0.1) is 0 Å². The summed E-state index contributed by atoms with van der Waals surface area (Å²) < 4.78 is 10.3. The van der Waals surface area contributed by atoms with Crippen LogP contribution >= 0.6 is 11.6 Å². The van der Waals surface area contributed by atoms with Gasteiger partial charge in [-0.05, 0) is 11.6 Å². The molecule has 1 N–H and O–H groups in total. The molecule has 1 atom stereocenters. The summed E-state index contributed by atoms with van der Waals surface area (Å²) in [6.45, 7) is 0.618. The molecular weight excluding hydrogens is 282 g/mol. The summed E-state index contributed by atoms with van der Waals surface area (Å²) in [5, 5.41) is 15.8. The Balaban J connectivity index is 2.98. The summed E-state index contributed by atoms with van der Waals surface area (Å²) in [6, 6.07) is 4.84. The van der Waals surface area contributed by atoms with Crippen LogP contribution in [-0.4, -0.2) is 27.3 Å². The zero-order valence-electron chi connectivity index (χ0n) is 11.1. The number of nitrogens with zero attached hydrogens (tertiary/aromatic N) is 4. The quantitative estimate of drug-likeness (QED) is 0.361. The van der Waals surface area contributed by atoms with Gasteiger partial charge in [-0.25, -0.2) is 0 Å². The molecule has 0 spiro atoms. The summed E-state index contributed by atoms with van der Waals surface area (Å²) in [7, 11) is 2.98. The fourth-order valence-electron chi connectivity index (χ4n) is 1.66. The van der Waals surface area contributed by atoms with Gasteiger partial charge in [-0.3, -0.25) is 5.32 Å². The Kier molecular flexibility index (Phi) is 6.47. The predicted molar refractivity (Wildman–Crippen MR) is 74.9 cm³/mol. The first kappa shape index (κ1) is 15.9. The molecule has 1 aromatic carbocycles. The third-order valence-electron chi connectivity index (χ3n) is 2.58. The Bertz CT molecular complexity index is 552. The third kappa shape index (κ3) is 3.68. The number of ether oxygens (including phenoxy) is 2. The van der Waals surface area contributed by atoms with Gasteiger partial charge < -0.3 is 9.47 Å². The maximum Gasteiger partial charge on any atom is 0.179 e. The highest BCUT2D eigenvalue weighted by Gasteiger charge is 2.19. The van der Waals surface area contributed by atoms with Gasteiger partial charge in [-0.1, -0.05) is 22.8 Å². The third-order valence-corrected chi connectivity index (χ3v) is 2.97. The van der Waals surface area contributed by atoms with Crippen molar-refractivity contribution in [2.24, 2.45) is 5.11 Å². The van der Waals surface area contributed by atoms with E-state index in [-0.39, 0.29) is 6.54 Å². The summed E-state index contributed by atoms with van der Waals surface area (Å²) in [4.78, 5) is 2.64. The van der Waals surface area contributed by atoms with E-state index < -0.39 is 6.04 Å². The highest BCUT2D eigenvalue weighted by atomic mass is 35.5. The van der Waals surface area contributed by atoms with Crippen molar-refractivity contribution in [3.8, 4) is 17.6 Å². The van der Waals surface area contributed by atoms with Crippen LogP contribution in [0, 0.1) is 11.3 Å². The van der Waals surface area contributed by atoms with Crippen molar-refractivity contribution in [2.75, 3.05) is 27.3 Å². The molecule has 0 aliphatic rings. The van der Waals surface area contributed by atoms with Gasteiger partial charge in [0.2, 0.25) is 0 Å². The van der Waals surface area contributed by atoms with Gasteiger partial charge in [0, 0.05) is 23.6 Å². The second-order valence-corrected chi connectivity index (χ2v) is 4.05. The predicted octanol–water partition coefficient (Wildman–Crippen LogP) is 2.82. The Labute approximate surface area is 121 Å². The number of nitrogens with one attached hydrogen (secondary N) is 1. The van der Waals surface area contributed by atoms with E-state index in [1.54, 1.807) is 12.1 Å². The molecule has 7 nitrogen and oxygen atoms in total. The molecule has 0 amide bonds. The first-order valence-corrected chi connectivity index (χ1v) is 6.11. The Hall–Kier alpha value is -2.13. The smallest absolute Gasteiger partial charge is 0.179 e. The molecular formula is C12H14ClN5O2. The van der Waals surface area contributed by atoms with Crippen LogP contribution in [0.4, 0.5) is 0 Å². The van der Waals surface area contributed by atoms with E-state index in [9.17, 15) is 5.26 Å². The minimum atomic E-state index is -0.629. The summed E-state index contributed by atoms with van der Waals surface area (Å²) in [6.07, 6.45) is 0. The van der Waals surface area contributed by atoms with E-state index in [4.69, 9.17) is 26.6 Å². The maximum atomic E-state index is 9.20. The minimum Gasteiger partial charge on any atom is -0.493 e. The SMILES string of the molecule is COc1ccc(C(C#N)NCCN=[N+]=[N-])c(Cl)c1OC. The van der Waals surface area contributed by atoms with Crippen molar-refractivity contribution < 1.29 is 9.47 Å². The van der Waals surface area contributed by atoms with Crippen molar-refractivity contribution in [1.29, 1.82) is 5.26 Å². The van der Waals surface area contributed by atoms with Gasteiger partial charge in [0.25, 0.3) is 0 Å². The maximum absolute atomic E-state index is 9.20.